The van der Waals surface area contributed by atoms with Gasteiger partial charge >= 0.3 is 0 Å². The second-order valence-electron chi connectivity index (χ2n) is 7.91. The number of benzene rings is 2. The van der Waals surface area contributed by atoms with E-state index in [0.29, 0.717) is 17.3 Å². The van der Waals surface area contributed by atoms with Crippen LogP contribution in [0.4, 0.5) is 11.4 Å². The molecule has 1 amide bonds. The van der Waals surface area contributed by atoms with Crippen LogP contribution < -0.4 is 20.3 Å². The molecule has 0 aliphatic carbocycles. The van der Waals surface area contributed by atoms with E-state index in [0.717, 1.165) is 36.6 Å². The number of hydrogen-bond donors (Lipinski definition) is 2. The Labute approximate surface area is 191 Å². The Balaban J connectivity index is 1.51. The van der Waals surface area contributed by atoms with Gasteiger partial charge in [0, 0.05) is 18.7 Å². The number of piperidine rings is 1. The lowest BCUT2D eigenvalue weighted by atomic mass is 10.1. The van der Waals surface area contributed by atoms with Crippen molar-refractivity contribution in [2.24, 2.45) is 0 Å². The molecule has 0 unspecified atom stereocenters. The second-order valence-corrected chi connectivity index (χ2v) is 8.31. The van der Waals surface area contributed by atoms with Gasteiger partial charge in [-0.05, 0) is 74.3 Å². The number of carbonyl (C=O) groups is 1. The summed E-state index contributed by atoms with van der Waals surface area (Å²) in [7, 11) is 0. The third kappa shape index (κ3) is 7.24. The molecular weight excluding hydrogens is 406 g/mol. The van der Waals surface area contributed by atoms with Gasteiger partial charge in [0.25, 0.3) is 5.91 Å². The number of ether oxygens (including phenoxy) is 1. The first kappa shape index (κ1) is 23.1. The minimum absolute atomic E-state index is 0.234. The molecule has 0 bridgehead atoms. The van der Waals surface area contributed by atoms with Crippen LogP contribution in [0.2, 0.25) is 0 Å². The maximum absolute atomic E-state index is 12.6. The maximum Gasteiger partial charge on any atom is 0.257 e. The van der Waals surface area contributed by atoms with E-state index in [2.05, 4.69) is 28.5 Å². The monoisotopic (exact) mass is 439 g/mol. The molecule has 1 saturated heterocycles. The summed E-state index contributed by atoms with van der Waals surface area (Å²) in [6.45, 7) is 4.99. The number of nitrogens with one attached hydrogen (secondary N) is 2. The predicted octanol–water partition coefficient (Wildman–Crippen LogP) is 5.76. The molecular formula is C25H33N3O2S. The number of hydrogen-bond acceptors (Lipinski definition) is 4. The molecule has 5 nitrogen and oxygen atoms in total. The van der Waals surface area contributed by atoms with Crippen molar-refractivity contribution < 1.29 is 9.53 Å². The second kappa shape index (κ2) is 12.3. The highest BCUT2D eigenvalue weighted by Crippen LogP contribution is 2.28. The van der Waals surface area contributed by atoms with Crippen molar-refractivity contribution in [3.05, 3.63) is 54.1 Å². The fraction of sp³-hybridized carbons (Fsp3) is 0.440. The van der Waals surface area contributed by atoms with Crippen LogP contribution in [0.25, 0.3) is 0 Å². The number of unbranched alkanes of at least 4 members (excludes halogenated alkanes) is 3. The van der Waals surface area contributed by atoms with Crippen molar-refractivity contribution in [2.45, 2.75) is 51.9 Å². The van der Waals surface area contributed by atoms with Crippen molar-refractivity contribution in [3.8, 4) is 5.75 Å². The number of anilines is 2. The standard InChI is InChI=1S/C25H33N3O2S/c1-2-3-4-10-19-30-21-15-13-20(14-16-21)24(29)27-25(31)26-22-11-6-7-12-23(22)28-17-8-5-9-18-28/h6-7,11-16H,2-5,8-10,17-19H2,1H3,(H2,26,27,29,31). The predicted molar refractivity (Wildman–Crippen MR) is 132 cm³/mol. The molecule has 0 aromatic heterocycles. The van der Waals surface area contributed by atoms with Crippen LogP contribution in [0.5, 0.6) is 5.75 Å². The van der Waals surface area contributed by atoms with E-state index in [-0.39, 0.29) is 5.91 Å². The van der Waals surface area contributed by atoms with Gasteiger partial charge < -0.3 is 15.0 Å². The minimum atomic E-state index is -0.234. The molecule has 1 heterocycles. The zero-order valence-corrected chi connectivity index (χ0v) is 19.2. The molecule has 0 atom stereocenters. The zero-order valence-electron chi connectivity index (χ0n) is 18.4. The average molecular weight is 440 g/mol. The highest BCUT2D eigenvalue weighted by molar-refractivity contribution is 7.80. The fourth-order valence-electron chi connectivity index (χ4n) is 3.74. The van der Waals surface area contributed by atoms with E-state index in [1.807, 2.05) is 30.3 Å². The Morgan fingerprint density at radius 2 is 1.74 bits per heavy atom. The summed E-state index contributed by atoms with van der Waals surface area (Å²) in [4.78, 5) is 15.0. The summed E-state index contributed by atoms with van der Waals surface area (Å²) in [6, 6.07) is 15.3. The summed E-state index contributed by atoms with van der Waals surface area (Å²) in [5.41, 5.74) is 2.59. The number of para-hydroxylation sites is 2. The molecule has 0 spiro atoms. The van der Waals surface area contributed by atoms with Gasteiger partial charge in [0.1, 0.15) is 5.75 Å². The lowest BCUT2D eigenvalue weighted by molar-refractivity contribution is 0.0977. The molecule has 1 aliphatic rings. The summed E-state index contributed by atoms with van der Waals surface area (Å²) in [6.07, 6.45) is 8.37. The van der Waals surface area contributed by atoms with Crippen LogP contribution in [0.3, 0.4) is 0 Å². The number of nitrogens with zero attached hydrogens (tertiary/aromatic N) is 1. The zero-order chi connectivity index (χ0) is 21.9. The first-order valence-electron chi connectivity index (χ1n) is 11.4. The number of carbonyl (C=O) groups excluding carboxylic acids is 1. The first-order valence-corrected chi connectivity index (χ1v) is 11.8. The third-order valence-electron chi connectivity index (χ3n) is 5.46. The Hall–Kier alpha value is -2.60. The van der Waals surface area contributed by atoms with Gasteiger partial charge in [-0.1, -0.05) is 38.3 Å². The van der Waals surface area contributed by atoms with Crippen LogP contribution in [-0.2, 0) is 0 Å². The molecule has 6 heteroatoms. The van der Waals surface area contributed by atoms with E-state index in [1.54, 1.807) is 12.1 Å². The van der Waals surface area contributed by atoms with Crippen molar-refractivity contribution in [1.29, 1.82) is 0 Å². The van der Waals surface area contributed by atoms with Gasteiger partial charge in [0.05, 0.1) is 18.0 Å². The highest BCUT2D eigenvalue weighted by atomic mass is 32.1. The molecule has 166 valence electrons. The normalized spacial score (nSPS) is 13.5. The van der Waals surface area contributed by atoms with E-state index in [9.17, 15) is 4.79 Å². The Bertz CT molecular complexity index is 848. The van der Waals surface area contributed by atoms with Crippen molar-refractivity contribution in [2.75, 3.05) is 29.9 Å². The van der Waals surface area contributed by atoms with Crippen LogP contribution in [0, 0.1) is 0 Å². The number of rotatable bonds is 9. The molecule has 0 radical (unpaired) electrons. The molecule has 31 heavy (non-hydrogen) atoms. The first-order chi connectivity index (χ1) is 15.2. The van der Waals surface area contributed by atoms with E-state index < -0.39 is 0 Å². The van der Waals surface area contributed by atoms with Gasteiger partial charge in [0.2, 0.25) is 0 Å². The summed E-state index contributed by atoms with van der Waals surface area (Å²) < 4.78 is 5.74. The van der Waals surface area contributed by atoms with E-state index >= 15 is 0 Å². The molecule has 1 aliphatic heterocycles. The fourth-order valence-corrected chi connectivity index (χ4v) is 3.94. The van der Waals surface area contributed by atoms with Crippen molar-refractivity contribution >= 4 is 34.6 Å². The van der Waals surface area contributed by atoms with Gasteiger partial charge in [-0.2, -0.15) is 0 Å². The highest BCUT2D eigenvalue weighted by Gasteiger charge is 2.15. The smallest absolute Gasteiger partial charge is 0.257 e. The average Bonchev–Trinajstić information content (AvgIpc) is 2.80. The molecule has 1 fully saturated rings. The van der Waals surface area contributed by atoms with Gasteiger partial charge in [-0.25, -0.2) is 0 Å². The van der Waals surface area contributed by atoms with Crippen molar-refractivity contribution in [3.63, 3.8) is 0 Å². The van der Waals surface area contributed by atoms with Gasteiger partial charge in [-0.15, -0.1) is 0 Å². The van der Waals surface area contributed by atoms with Gasteiger partial charge in [-0.3, -0.25) is 10.1 Å². The number of thiocarbonyl (C=S) groups is 1. The Morgan fingerprint density at radius 3 is 2.48 bits per heavy atom. The number of amides is 1. The molecule has 2 aromatic carbocycles. The van der Waals surface area contributed by atoms with Gasteiger partial charge in [0.15, 0.2) is 5.11 Å². The summed E-state index contributed by atoms with van der Waals surface area (Å²) >= 11 is 5.40. The Kier molecular flexibility index (Phi) is 9.16. The van der Waals surface area contributed by atoms with Crippen LogP contribution >= 0.6 is 12.2 Å². The van der Waals surface area contributed by atoms with Crippen LogP contribution in [-0.4, -0.2) is 30.7 Å². The quantitative estimate of drug-likeness (QED) is 0.384. The summed E-state index contributed by atoms with van der Waals surface area (Å²) in [5.74, 6) is 0.548. The van der Waals surface area contributed by atoms with E-state index in [4.69, 9.17) is 17.0 Å². The molecule has 2 N–H and O–H groups in total. The molecule has 0 saturated carbocycles. The van der Waals surface area contributed by atoms with E-state index in [1.165, 1.54) is 38.5 Å². The SMILES string of the molecule is CCCCCCOc1ccc(C(=O)NC(=S)Nc2ccccc2N2CCCCC2)cc1. The van der Waals surface area contributed by atoms with Crippen molar-refractivity contribution in [1.82, 2.24) is 5.32 Å². The van der Waals surface area contributed by atoms with Crippen LogP contribution in [0.15, 0.2) is 48.5 Å². The maximum atomic E-state index is 12.6. The minimum Gasteiger partial charge on any atom is -0.494 e. The topological polar surface area (TPSA) is 53.6 Å². The lowest BCUT2D eigenvalue weighted by Gasteiger charge is -2.30. The Morgan fingerprint density at radius 1 is 1.00 bits per heavy atom. The largest absolute Gasteiger partial charge is 0.494 e. The third-order valence-corrected chi connectivity index (χ3v) is 5.66. The summed E-state index contributed by atoms with van der Waals surface area (Å²) in [5, 5.41) is 6.28. The lowest BCUT2D eigenvalue weighted by Crippen LogP contribution is -2.35. The molecule has 2 aromatic rings. The molecule has 3 rings (SSSR count). The van der Waals surface area contributed by atoms with Crippen LogP contribution in [0.1, 0.15) is 62.2 Å².